The topological polar surface area (TPSA) is 100 Å². The molecule has 1 N–H and O–H groups in total. The smallest absolute Gasteiger partial charge is 0.328 e. The van der Waals surface area contributed by atoms with E-state index in [4.69, 9.17) is 14.7 Å². The van der Waals surface area contributed by atoms with Crippen molar-refractivity contribution in [2.24, 2.45) is 0 Å². The number of aryl methyl sites for hydroxylation is 1. The maximum Gasteiger partial charge on any atom is 0.328 e. The molecule has 0 radical (unpaired) electrons. The fourth-order valence-electron chi connectivity index (χ4n) is 2.88. The number of carbonyl (C=O) groups is 1. The van der Waals surface area contributed by atoms with E-state index < -0.39 is 18.1 Å². The van der Waals surface area contributed by atoms with Crippen molar-refractivity contribution in [3.63, 3.8) is 0 Å². The molecule has 0 bridgehead atoms. The highest BCUT2D eigenvalue weighted by Gasteiger charge is 2.26. The van der Waals surface area contributed by atoms with Gasteiger partial charge in [0.1, 0.15) is 29.1 Å². The quantitative estimate of drug-likeness (QED) is 0.830. The highest BCUT2D eigenvalue weighted by Crippen LogP contribution is 2.28. The average Bonchev–Trinajstić information content (AvgIpc) is 2.68. The van der Waals surface area contributed by atoms with Crippen molar-refractivity contribution in [3.05, 3.63) is 47.0 Å². The van der Waals surface area contributed by atoms with Crippen molar-refractivity contribution in [1.82, 2.24) is 9.97 Å². The Morgan fingerprint density at radius 1 is 1.41 bits per heavy atom. The van der Waals surface area contributed by atoms with E-state index in [9.17, 15) is 9.18 Å². The van der Waals surface area contributed by atoms with E-state index in [0.29, 0.717) is 18.1 Å². The second-order valence-corrected chi connectivity index (χ2v) is 5.87. The standard InChI is InChI=1S/C18H18FN5O3/c1-26-17(27-2)14-6-5-11-4-3-7-24(16(11)22-14)18(25)23-15-8-13(19)12(9-20)10-21-15/h5-6,8,10,17H,3-4,7H2,1-2H3,(H,21,23,25). The van der Waals surface area contributed by atoms with Crippen LogP contribution >= 0.6 is 0 Å². The number of amides is 2. The molecule has 0 spiro atoms. The summed E-state index contributed by atoms with van der Waals surface area (Å²) in [6.07, 6.45) is 2.00. The van der Waals surface area contributed by atoms with E-state index in [1.54, 1.807) is 12.1 Å². The fourth-order valence-corrected chi connectivity index (χ4v) is 2.88. The number of halogens is 1. The Bertz CT molecular complexity index is 895. The fraction of sp³-hybridized carbons (Fsp3) is 0.333. The number of aromatic nitrogens is 2. The predicted molar refractivity (Wildman–Crippen MR) is 94.6 cm³/mol. The molecule has 1 aliphatic heterocycles. The molecule has 0 aliphatic carbocycles. The molecular formula is C18H18FN5O3. The molecule has 1 aliphatic rings. The van der Waals surface area contributed by atoms with Gasteiger partial charge in [0.25, 0.3) is 0 Å². The van der Waals surface area contributed by atoms with Gasteiger partial charge in [-0.3, -0.25) is 10.2 Å². The van der Waals surface area contributed by atoms with Gasteiger partial charge in [-0.15, -0.1) is 0 Å². The number of hydrogen-bond donors (Lipinski definition) is 1. The van der Waals surface area contributed by atoms with Gasteiger partial charge in [-0.05, 0) is 24.5 Å². The van der Waals surface area contributed by atoms with Crippen LogP contribution < -0.4 is 10.2 Å². The molecule has 0 saturated carbocycles. The first-order valence-electron chi connectivity index (χ1n) is 8.27. The third-order valence-electron chi connectivity index (χ3n) is 4.18. The number of nitrogens with one attached hydrogen (secondary N) is 1. The number of anilines is 2. The summed E-state index contributed by atoms with van der Waals surface area (Å²) < 4.78 is 24.2. The van der Waals surface area contributed by atoms with Gasteiger partial charge < -0.3 is 9.47 Å². The number of pyridine rings is 2. The largest absolute Gasteiger partial charge is 0.350 e. The molecule has 0 fully saturated rings. The van der Waals surface area contributed by atoms with Crippen LogP contribution in [-0.2, 0) is 15.9 Å². The van der Waals surface area contributed by atoms with Crippen molar-refractivity contribution >= 4 is 17.7 Å². The molecule has 8 nitrogen and oxygen atoms in total. The molecule has 2 amide bonds. The third-order valence-corrected chi connectivity index (χ3v) is 4.18. The Kier molecular flexibility index (Phi) is 5.59. The summed E-state index contributed by atoms with van der Waals surface area (Å²) in [6.45, 7) is 0.457. The van der Waals surface area contributed by atoms with Crippen molar-refractivity contribution < 1.29 is 18.7 Å². The number of fused-ring (bicyclic) bond motifs is 1. The molecule has 9 heteroatoms. The van der Waals surface area contributed by atoms with Crippen molar-refractivity contribution in [2.45, 2.75) is 19.1 Å². The Balaban J connectivity index is 1.86. The molecule has 3 rings (SSSR count). The van der Waals surface area contributed by atoms with Crippen molar-refractivity contribution in [2.75, 3.05) is 31.0 Å². The van der Waals surface area contributed by atoms with E-state index in [0.717, 1.165) is 30.7 Å². The molecule has 140 valence electrons. The van der Waals surface area contributed by atoms with Crippen LogP contribution in [0, 0.1) is 17.1 Å². The zero-order valence-corrected chi connectivity index (χ0v) is 14.9. The molecule has 0 aromatic carbocycles. The summed E-state index contributed by atoms with van der Waals surface area (Å²) >= 11 is 0. The van der Waals surface area contributed by atoms with Gasteiger partial charge in [0.2, 0.25) is 6.29 Å². The Morgan fingerprint density at radius 2 is 2.19 bits per heavy atom. The van der Waals surface area contributed by atoms with Crippen LogP contribution in [0.4, 0.5) is 20.8 Å². The first-order valence-corrected chi connectivity index (χ1v) is 8.27. The minimum Gasteiger partial charge on any atom is -0.350 e. The van der Waals surface area contributed by atoms with Gasteiger partial charge in [0.15, 0.2) is 0 Å². The molecule has 3 heterocycles. The van der Waals surface area contributed by atoms with Gasteiger partial charge in [-0.25, -0.2) is 19.2 Å². The minimum absolute atomic E-state index is 0.0198. The molecule has 27 heavy (non-hydrogen) atoms. The average molecular weight is 371 g/mol. The number of rotatable bonds is 4. The zero-order chi connectivity index (χ0) is 19.4. The van der Waals surface area contributed by atoms with Gasteiger partial charge in [0.05, 0.1) is 11.9 Å². The summed E-state index contributed by atoms with van der Waals surface area (Å²) in [6, 6.07) is 5.91. The third kappa shape index (κ3) is 3.86. The second-order valence-electron chi connectivity index (χ2n) is 5.87. The highest BCUT2D eigenvalue weighted by atomic mass is 19.1. The van der Waals surface area contributed by atoms with Crippen LogP contribution in [0.25, 0.3) is 0 Å². The molecule has 0 atom stereocenters. The Morgan fingerprint density at radius 3 is 2.85 bits per heavy atom. The van der Waals surface area contributed by atoms with E-state index >= 15 is 0 Å². The lowest BCUT2D eigenvalue weighted by Gasteiger charge is -2.29. The summed E-state index contributed by atoms with van der Waals surface area (Å²) in [7, 11) is 3.01. The van der Waals surface area contributed by atoms with Crippen LogP contribution in [0.15, 0.2) is 24.4 Å². The first-order chi connectivity index (χ1) is 13.1. The van der Waals surface area contributed by atoms with Gasteiger partial charge in [0, 0.05) is 26.8 Å². The lowest BCUT2D eigenvalue weighted by molar-refractivity contribution is -0.108. The molecule has 0 saturated heterocycles. The van der Waals surface area contributed by atoms with E-state index in [1.165, 1.54) is 19.1 Å². The highest BCUT2D eigenvalue weighted by molar-refractivity contribution is 6.01. The minimum atomic E-state index is -0.745. The number of carbonyl (C=O) groups excluding carboxylic acids is 1. The number of methoxy groups -OCH3 is 2. The summed E-state index contributed by atoms with van der Waals surface area (Å²) in [5, 5.41) is 11.3. The maximum absolute atomic E-state index is 13.7. The molecular weight excluding hydrogens is 353 g/mol. The van der Waals surface area contributed by atoms with Crippen LogP contribution in [0.2, 0.25) is 0 Å². The predicted octanol–water partition coefficient (Wildman–Crippen LogP) is 2.76. The summed E-state index contributed by atoms with van der Waals surface area (Å²) in [4.78, 5) is 22.6. The van der Waals surface area contributed by atoms with Crippen molar-refractivity contribution in [3.8, 4) is 6.07 Å². The summed E-state index contributed by atoms with van der Waals surface area (Å²) in [5.41, 5.74) is 1.28. The van der Waals surface area contributed by atoms with E-state index in [-0.39, 0.29) is 11.4 Å². The monoisotopic (exact) mass is 371 g/mol. The number of ether oxygens (including phenoxy) is 2. The number of nitriles is 1. The lowest BCUT2D eigenvalue weighted by Crippen LogP contribution is -2.39. The van der Waals surface area contributed by atoms with E-state index in [2.05, 4.69) is 15.3 Å². The van der Waals surface area contributed by atoms with Crippen LogP contribution in [-0.4, -0.2) is 36.8 Å². The number of hydrogen-bond acceptors (Lipinski definition) is 6. The SMILES string of the molecule is COC(OC)c1ccc2c(n1)N(C(=O)Nc1cc(F)c(C#N)cn1)CCC2. The molecule has 2 aromatic heterocycles. The maximum atomic E-state index is 13.7. The van der Waals surface area contributed by atoms with Crippen molar-refractivity contribution in [1.29, 1.82) is 5.26 Å². The normalized spacial score (nSPS) is 13.2. The second kappa shape index (κ2) is 8.07. The Hall–Kier alpha value is -3.09. The Labute approximate surface area is 155 Å². The van der Waals surface area contributed by atoms with Gasteiger partial charge in [-0.1, -0.05) is 6.07 Å². The lowest BCUT2D eigenvalue weighted by atomic mass is 10.1. The molecule has 2 aromatic rings. The van der Waals surface area contributed by atoms with Crippen LogP contribution in [0.3, 0.4) is 0 Å². The van der Waals surface area contributed by atoms with Crippen LogP contribution in [0.1, 0.15) is 29.5 Å². The number of nitrogens with zero attached hydrogens (tertiary/aromatic N) is 4. The zero-order valence-electron chi connectivity index (χ0n) is 14.9. The first kappa shape index (κ1) is 18.7. The van der Waals surface area contributed by atoms with Gasteiger partial charge >= 0.3 is 6.03 Å². The van der Waals surface area contributed by atoms with E-state index in [1.807, 2.05) is 6.07 Å². The number of urea groups is 1. The van der Waals surface area contributed by atoms with Crippen LogP contribution in [0.5, 0.6) is 0 Å². The molecule has 0 unspecified atom stereocenters. The summed E-state index contributed by atoms with van der Waals surface area (Å²) in [5.74, 6) is -0.221. The van der Waals surface area contributed by atoms with Gasteiger partial charge in [-0.2, -0.15) is 5.26 Å².